The number of aryl methyl sites for hydroxylation is 2. The molecule has 0 saturated carbocycles. The van der Waals surface area contributed by atoms with Crippen molar-refractivity contribution >= 4 is 17.5 Å². The van der Waals surface area contributed by atoms with Gasteiger partial charge in [0.25, 0.3) is 5.91 Å². The maximum Gasteiger partial charge on any atom is 0.258 e. The summed E-state index contributed by atoms with van der Waals surface area (Å²) in [6.07, 6.45) is 0. The van der Waals surface area contributed by atoms with E-state index < -0.39 is 0 Å². The number of amides is 1. The van der Waals surface area contributed by atoms with Crippen LogP contribution < -0.4 is 19.5 Å². The highest BCUT2D eigenvalue weighted by Gasteiger charge is 2.12. The third kappa shape index (κ3) is 5.30. The normalized spacial score (nSPS) is 10.3. The Kier molecular flexibility index (Phi) is 7.16. The van der Waals surface area contributed by atoms with Gasteiger partial charge in [-0.3, -0.25) is 4.79 Å². The van der Waals surface area contributed by atoms with Crippen LogP contribution in [0.2, 0.25) is 5.02 Å². The summed E-state index contributed by atoms with van der Waals surface area (Å²) >= 11 is 6.24. The summed E-state index contributed by atoms with van der Waals surface area (Å²) in [6, 6.07) is 9.44. The van der Waals surface area contributed by atoms with E-state index in [1.54, 1.807) is 19.2 Å². The molecular weight excluding hydrogens is 354 g/mol. The average molecular weight is 378 g/mol. The SMILES string of the molecule is CCOc1c(Cl)cc(CNC(=O)COc2cc(C)ccc2C)cc1OC. The fraction of sp³-hybridized carbons (Fsp3) is 0.350. The Morgan fingerprint density at radius 3 is 2.58 bits per heavy atom. The van der Waals surface area contributed by atoms with Gasteiger partial charge in [0, 0.05) is 6.54 Å². The Morgan fingerprint density at radius 1 is 1.12 bits per heavy atom. The largest absolute Gasteiger partial charge is 0.493 e. The Balaban J connectivity index is 1.94. The van der Waals surface area contributed by atoms with Crippen LogP contribution >= 0.6 is 11.6 Å². The number of hydrogen-bond donors (Lipinski definition) is 1. The van der Waals surface area contributed by atoms with Crippen molar-refractivity contribution < 1.29 is 19.0 Å². The minimum absolute atomic E-state index is 0.0494. The Morgan fingerprint density at radius 2 is 1.88 bits per heavy atom. The lowest BCUT2D eigenvalue weighted by molar-refractivity contribution is -0.123. The Bertz CT molecular complexity index is 777. The van der Waals surface area contributed by atoms with Crippen LogP contribution in [0.4, 0.5) is 0 Å². The number of rotatable bonds is 8. The van der Waals surface area contributed by atoms with Gasteiger partial charge in [-0.15, -0.1) is 0 Å². The predicted molar refractivity (Wildman–Crippen MR) is 102 cm³/mol. The second-order valence-corrected chi connectivity index (χ2v) is 6.28. The van der Waals surface area contributed by atoms with Gasteiger partial charge in [-0.1, -0.05) is 23.7 Å². The standard InChI is InChI=1S/C20H24ClNO4/c1-5-25-20-16(21)9-15(10-18(20)24-4)11-22-19(23)12-26-17-8-13(2)6-7-14(17)3/h6-10H,5,11-12H2,1-4H3,(H,22,23). The highest BCUT2D eigenvalue weighted by atomic mass is 35.5. The molecule has 0 heterocycles. The molecule has 2 aromatic rings. The summed E-state index contributed by atoms with van der Waals surface area (Å²) in [5.41, 5.74) is 2.89. The quantitative estimate of drug-likeness (QED) is 0.753. The first-order chi connectivity index (χ1) is 12.4. The van der Waals surface area contributed by atoms with Crippen LogP contribution in [0, 0.1) is 13.8 Å². The van der Waals surface area contributed by atoms with Crippen molar-refractivity contribution in [2.75, 3.05) is 20.3 Å². The highest BCUT2D eigenvalue weighted by molar-refractivity contribution is 6.32. The van der Waals surface area contributed by atoms with Crippen molar-refractivity contribution in [1.82, 2.24) is 5.32 Å². The number of carbonyl (C=O) groups excluding carboxylic acids is 1. The molecule has 1 amide bonds. The first kappa shape index (κ1) is 19.9. The van der Waals surface area contributed by atoms with Gasteiger partial charge in [0.05, 0.1) is 18.7 Å². The molecule has 0 bridgehead atoms. The van der Waals surface area contributed by atoms with Gasteiger partial charge in [-0.2, -0.15) is 0 Å². The number of ether oxygens (including phenoxy) is 3. The minimum Gasteiger partial charge on any atom is -0.493 e. The summed E-state index contributed by atoms with van der Waals surface area (Å²) in [5, 5.41) is 3.26. The number of benzene rings is 2. The monoisotopic (exact) mass is 377 g/mol. The molecule has 26 heavy (non-hydrogen) atoms. The first-order valence-electron chi connectivity index (χ1n) is 8.40. The minimum atomic E-state index is -0.213. The molecule has 2 rings (SSSR count). The number of nitrogens with one attached hydrogen (secondary N) is 1. The van der Waals surface area contributed by atoms with Crippen molar-refractivity contribution in [3.63, 3.8) is 0 Å². The maximum atomic E-state index is 12.1. The number of carbonyl (C=O) groups is 1. The van der Waals surface area contributed by atoms with Gasteiger partial charge < -0.3 is 19.5 Å². The van der Waals surface area contributed by atoms with Gasteiger partial charge in [-0.25, -0.2) is 0 Å². The molecule has 2 aromatic carbocycles. The summed E-state index contributed by atoms with van der Waals surface area (Å²) in [5.74, 6) is 1.54. The molecule has 5 nitrogen and oxygen atoms in total. The zero-order valence-corrected chi connectivity index (χ0v) is 16.3. The molecule has 0 aliphatic heterocycles. The number of hydrogen-bond acceptors (Lipinski definition) is 4. The number of halogens is 1. The Hall–Kier alpha value is -2.40. The molecule has 0 atom stereocenters. The van der Waals surface area contributed by atoms with Gasteiger partial charge in [0.15, 0.2) is 18.1 Å². The molecule has 0 radical (unpaired) electrons. The van der Waals surface area contributed by atoms with E-state index in [1.165, 1.54) is 0 Å². The van der Waals surface area contributed by atoms with Crippen LogP contribution in [0.25, 0.3) is 0 Å². The van der Waals surface area contributed by atoms with Gasteiger partial charge in [0.2, 0.25) is 0 Å². The van der Waals surface area contributed by atoms with E-state index in [2.05, 4.69) is 5.32 Å². The molecule has 0 fully saturated rings. The zero-order chi connectivity index (χ0) is 19.1. The summed E-state index contributed by atoms with van der Waals surface area (Å²) < 4.78 is 16.4. The molecule has 0 aromatic heterocycles. The predicted octanol–water partition coefficient (Wildman–Crippen LogP) is 4.06. The van der Waals surface area contributed by atoms with Crippen LogP contribution in [-0.4, -0.2) is 26.2 Å². The first-order valence-corrected chi connectivity index (χ1v) is 8.78. The molecular formula is C20H24ClNO4. The average Bonchev–Trinajstić information content (AvgIpc) is 2.62. The van der Waals surface area contributed by atoms with E-state index in [9.17, 15) is 4.79 Å². The highest BCUT2D eigenvalue weighted by Crippen LogP contribution is 2.36. The molecule has 0 spiro atoms. The van der Waals surface area contributed by atoms with E-state index >= 15 is 0 Å². The van der Waals surface area contributed by atoms with E-state index in [4.69, 9.17) is 25.8 Å². The van der Waals surface area contributed by atoms with E-state index in [0.29, 0.717) is 35.4 Å². The molecule has 140 valence electrons. The smallest absolute Gasteiger partial charge is 0.258 e. The lowest BCUT2D eigenvalue weighted by atomic mass is 10.1. The van der Waals surface area contributed by atoms with Crippen LogP contribution in [-0.2, 0) is 11.3 Å². The lowest BCUT2D eigenvalue weighted by Gasteiger charge is -2.14. The number of methoxy groups -OCH3 is 1. The molecule has 6 heteroatoms. The fourth-order valence-electron chi connectivity index (χ4n) is 2.42. The third-order valence-electron chi connectivity index (χ3n) is 3.77. The molecule has 0 aliphatic carbocycles. The van der Waals surface area contributed by atoms with Crippen LogP contribution in [0.3, 0.4) is 0 Å². The summed E-state index contributed by atoms with van der Waals surface area (Å²) in [6.45, 7) is 6.56. The summed E-state index contributed by atoms with van der Waals surface area (Å²) in [4.78, 5) is 12.1. The van der Waals surface area contributed by atoms with Crippen molar-refractivity contribution in [3.8, 4) is 17.2 Å². The van der Waals surface area contributed by atoms with Crippen molar-refractivity contribution in [3.05, 3.63) is 52.0 Å². The van der Waals surface area contributed by atoms with Crippen LogP contribution in [0.1, 0.15) is 23.6 Å². The van der Waals surface area contributed by atoms with E-state index in [-0.39, 0.29) is 12.5 Å². The van der Waals surface area contributed by atoms with Crippen molar-refractivity contribution in [2.24, 2.45) is 0 Å². The topological polar surface area (TPSA) is 56.8 Å². The van der Waals surface area contributed by atoms with Crippen molar-refractivity contribution in [1.29, 1.82) is 0 Å². The Labute approximate surface area is 159 Å². The second-order valence-electron chi connectivity index (χ2n) is 5.88. The second kappa shape index (κ2) is 9.34. The fourth-order valence-corrected chi connectivity index (χ4v) is 2.71. The van der Waals surface area contributed by atoms with Gasteiger partial charge in [-0.05, 0) is 55.7 Å². The third-order valence-corrected chi connectivity index (χ3v) is 4.05. The molecule has 0 saturated heterocycles. The van der Waals surface area contributed by atoms with E-state index in [0.717, 1.165) is 16.7 Å². The lowest BCUT2D eigenvalue weighted by Crippen LogP contribution is -2.28. The molecule has 1 N–H and O–H groups in total. The molecule has 0 unspecified atom stereocenters. The van der Waals surface area contributed by atoms with Gasteiger partial charge >= 0.3 is 0 Å². The summed E-state index contributed by atoms with van der Waals surface area (Å²) in [7, 11) is 1.55. The maximum absolute atomic E-state index is 12.1. The van der Waals surface area contributed by atoms with E-state index in [1.807, 2.05) is 39.0 Å². The van der Waals surface area contributed by atoms with Crippen LogP contribution in [0.5, 0.6) is 17.2 Å². The zero-order valence-electron chi connectivity index (χ0n) is 15.5. The van der Waals surface area contributed by atoms with Crippen LogP contribution in [0.15, 0.2) is 30.3 Å². The van der Waals surface area contributed by atoms with Gasteiger partial charge in [0.1, 0.15) is 5.75 Å². The molecule has 0 aliphatic rings. The van der Waals surface area contributed by atoms with Crippen molar-refractivity contribution in [2.45, 2.75) is 27.3 Å².